The number of aromatic nitrogens is 4. The second-order valence-corrected chi connectivity index (χ2v) is 10.6. The first-order valence-corrected chi connectivity index (χ1v) is 14.8. The Morgan fingerprint density at radius 1 is 1.00 bits per heavy atom. The monoisotopic (exact) mass is 632 g/mol. The van der Waals surface area contributed by atoms with Gasteiger partial charge in [0.1, 0.15) is 31.6 Å². The number of benzene rings is 3. The Morgan fingerprint density at radius 2 is 1.78 bits per heavy atom. The molecule has 4 aromatic rings. The van der Waals surface area contributed by atoms with Crippen LogP contribution in [0.25, 0.3) is 11.4 Å². The van der Waals surface area contributed by atoms with Crippen molar-refractivity contribution in [2.45, 2.75) is 31.5 Å². The van der Waals surface area contributed by atoms with Crippen molar-refractivity contribution in [1.82, 2.24) is 25.5 Å². The zero-order chi connectivity index (χ0) is 32.0. The molecule has 0 spiro atoms. The summed E-state index contributed by atoms with van der Waals surface area (Å²) in [5.41, 5.74) is 1.35. The molecule has 0 radical (unpaired) electrons. The van der Waals surface area contributed by atoms with Crippen LogP contribution in [0.2, 0.25) is 0 Å². The van der Waals surface area contributed by atoms with E-state index < -0.39 is 23.7 Å². The van der Waals surface area contributed by atoms with Crippen LogP contribution in [0.1, 0.15) is 24.4 Å². The Labute approximate surface area is 264 Å². The van der Waals surface area contributed by atoms with Gasteiger partial charge in [-0.05, 0) is 66.1 Å². The Kier molecular flexibility index (Phi) is 9.24. The molecule has 1 fully saturated rings. The van der Waals surface area contributed by atoms with Gasteiger partial charge < -0.3 is 29.0 Å². The number of carbonyl (C=O) groups is 2. The summed E-state index contributed by atoms with van der Waals surface area (Å²) in [7, 11) is 3.05. The number of tetrazole rings is 1. The summed E-state index contributed by atoms with van der Waals surface area (Å²) in [5.74, 6) is 0.729. The van der Waals surface area contributed by atoms with Gasteiger partial charge in [0.05, 0.1) is 20.3 Å². The number of rotatable bonds is 11. The Balaban J connectivity index is 1.35. The van der Waals surface area contributed by atoms with Gasteiger partial charge in [-0.3, -0.25) is 14.5 Å². The number of ether oxygens (including phenoxy) is 5. The third kappa shape index (κ3) is 6.71. The summed E-state index contributed by atoms with van der Waals surface area (Å²) < 4.78 is 41.9. The predicted molar refractivity (Wildman–Crippen MR) is 162 cm³/mol. The van der Waals surface area contributed by atoms with E-state index in [1.54, 1.807) is 36.4 Å². The van der Waals surface area contributed by atoms with Crippen molar-refractivity contribution in [3.8, 4) is 34.4 Å². The molecule has 2 atom stereocenters. The summed E-state index contributed by atoms with van der Waals surface area (Å²) >= 11 is 0. The van der Waals surface area contributed by atoms with Gasteiger partial charge >= 0.3 is 0 Å². The fraction of sp³-hybridized carbons (Fsp3) is 0.344. The van der Waals surface area contributed by atoms with Crippen LogP contribution in [0.15, 0.2) is 60.7 Å². The SMILES string of the molecule is COc1ccc(-c2nnn(CC(=O)N(c3ccc4c(c3)OCCO4)C(C(=O)NCC3CCCO3)c3ccc(F)cc3)n2)cc1OC. The molecule has 0 saturated carbocycles. The van der Waals surface area contributed by atoms with E-state index >= 15 is 0 Å². The number of fused-ring (bicyclic) bond motifs is 1. The summed E-state index contributed by atoms with van der Waals surface area (Å²) in [6.45, 7) is 1.24. The summed E-state index contributed by atoms with van der Waals surface area (Å²) in [4.78, 5) is 30.7. The van der Waals surface area contributed by atoms with Crippen molar-refractivity contribution >= 4 is 17.5 Å². The van der Waals surface area contributed by atoms with E-state index in [2.05, 4.69) is 20.7 Å². The van der Waals surface area contributed by atoms with Crippen LogP contribution in [-0.2, 0) is 20.9 Å². The molecule has 2 aliphatic rings. The van der Waals surface area contributed by atoms with Crippen LogP contribution in [0, 0.1) is 5.82 Å². The molecular weight excluding hydrogens is 599 g/mol. The average Bonchev–Trinajstić information content (AvgIpc) is 3.79. The van der Waals surface area contributed by atoms with E-state index in [1.165, 1.54) is 43.4 Å². The standard InChI is InChI=1S/C32H33FN6O7/c1-42-25-11-7-21(16-27(25)43-2)31-35-37-38(36-31)19-29(40)39(23-10-12-26-28(17-23)46-15-14-45-26)30(20-5-8-22(33)9-6-20)32(41)34-18-24-4-3-13-44-24/h5-12,16-17,24,30H,3-4,13-15,18-19H2,1-2H3,(H,34,41). The number of hydrogen-bond donors (Lipinski definition) is 1. The van der Waals surface area contributed by atoms with E-state index in [1.807, 2.05) is 0 Å². The maximum atomic E-state index is 14.3. The smallest absolute Gasteiger partial charge is 0.251 e. The summed E-state index contributed by atoms with van der Waals surface area (Å²) in [6, 6.07) is 14.4. The topological polar surface area (TPSA) is 139 Å². The Bertz CT molecular complexity index is 1690. The van der Waals surface area contributed by atoms with Crippen LogP contribution in [0.3, 0.4) is 0 Å². The third-order valence-corrected chi connectivity index (χ3v) is 7.66. The lowest BCUT2D eigenvalue weighted by Crippen LogP contribution is -2.46. The molecule has 0 aliphatic carbocycles. The van der Waals surface area contributed by atoms with E-state index in [9.17, 15) is 14.0 Å². The number of hydrogen-bond acceptors (Lipinski definition) is 10. The quantitative estimate of drug-likeness (QED) is 0.262. The molecule has 6 rings (SSSR count). The number of carbonyl (C=O) groups excluding carboxylic acids is 2. The predicted octanol–water partition coefficient (Wildman–Crippen LogP) is 3.34. The third-order valence-electron chi connectivity index (χ3n) is 7.66. The van der Waals surface area contributed by atoms with Crippen molar-refractivity contribution in [2.75, 3.05) is 45.5 Å². The van der Waals surface area contributed by atoms with E-state index in [-0.39, 0.29) is 25.0 Å². The van der Waals surface area contributed by atoms with Crippen molar-refractivity contribution < 1.29 is 37.7 Å². The van der Waals surface area contributed by atoms with Gasteiger partial charge in [-0.25, -0.2) is 4.39 Å². The first-order chi connectivity index (χ1) is 22.4. The fourth-order valence-corrected chi connectivity index (χ4v) is 5.40. The largest absolute Gasteiger partial charge is 0.493 e. The van der Waals surface area contributed by atoms with Crippen LogP contribution in [0.5, 0.6) is 23.0 Å². The molecule has 14 heteroatoms. The second kappa shape index (κ2) is 13.8. The molecule has 2 unspecified atom stereocenters. The minimum Gasteiger partial charge on any atom is -0.493 e. The molecular formula is C32H33FN6O7. The van der Waals surface area contributed by atoms with Gasteiger partial charge in [-0.2, -0.15) is 4.80 Å². The minimum atomic E-state index is -1.19. The van der Waals surface area contributed by atoms with Crippen molar-refractivity contribution in [3.63, 3.8) is 0 Å². The molecule has 13 nitrogen and oxygen atoms in total. The highest BCUT2D eigenvalue weighted by molar-refractivity contribution is 6.01. The number of amides is 2. The van der Waals surface area contributed by atoms with Crippen LogP contribution < -0.4 is 29.2 Å². The number of nitrogens with zero attached hydrogens (tertiary/aromatic N) is 5. The van der Waals surface area contributed by atoms with Crippen LogP contribution in [-0.4, -0.2) is 78.7 Å². The Morgan fingerprint density at radius 3 is 2.52 bits per heavy atom. The summed E-state index contributed by atoms with van der Waals surface area (Å²) in [6.07, 6.45) is 1.58. The molecule has 1 N–H and O–H groups in total. The van der Waals surface area contributed by atoms with Crippen molar-refractivity contribution in [3.05, 3.63) is 72.0 Å². The number of methoxy groups -OCH3 is 2. The maximum absolute atomic E-state index is 14.3. The van der Waals surface area contributed by atoms with Gasteiger partial charge in [-0.15, -0.1) is 10.2 Å². The first-order valence-electron chi connectivity index (χ1n) is 14.8. The highest BCUT2D eigenvalue weighted by atomic mass is 19.1. The van der Waals surface area contributed by atoms with Gasteiger partial charge in [0.25, 0.3) is 5.91 Å². The molecule has 3 aromatic carbocycles. The molecule has 2 amide bonds. The number of anilines is 1. The highest BCUT2D eigenvalue weighted by Gasteiger charge is 2.35. The maximum Gasteiger partial charge on any atom is 0.251 e. The fourth-order valence-electron chi connectivity index (χ4n) is 5.40. The van der Waals surface area contributed by atoms with E-state index in [0.717, 1.165) is 17.6 Å². The zero-order valence-corrected chi connectivity index (χ0v) is 25.3. The second-order valence-electron chi connectivity index (χ2n) is 10.6. The number of halogens is 1. The van der Waals surface area contributed by atoms with Gasteiger partial charge in [0, 0.05) is 30.5 Å². The van der Waals surface area contributed by atoms with Gasteiger partial charge in [0.2, 0.25) is 11.7 Å². The lowest BCUT2D eigenvalue weighted by Gasteiger charge is -2.32. The molecule has 1 saturated heterocycles. The van der Waals surface area contributed by atoms with E-state index in [0.29, 0.717) is 59.6 Å². The molecule has 2 aliphatic heterocycles. The lowest BCUT2D eigenvalue weighted by molar-refractivity contribution is -0.127. The highest BCUT2D eigenvalue weighted by Crippen LogP contribution is 2.37. The summed E-state index contributed by atoms with van der Waals surface area (Å²) in [5, 5.41) is 15.6. The first kappa shape index (κ1) is 30.8. The van der Waals surface area contributed by atoms with Crippen molar-refractivity contribution in [1.29, 1.82) is 0 Å². The molecule has 240 valence electrons. The van der Waals surface area contributed by atoms with Gasteiger partial charge in [0.15, 0.2) is 23.0 Å². The van der Waals surface area contributed by atoms with E-state index in [4.69, 9.17) is 23.7 Å². The normalized spacial score (nSPS) is 16.0. The molecule has 3 heterocycles. The Hall–Kier alpha value is -5.24. The van der Waals surface area contributed by atoms with Crippen LogP contribution >= 0.6 is 0 Å². The number of nitrogens with one attached hydrogen (secondary N) is 1. The molecule has 1 aromatic heterocycles. The molecule has 0 bridgehead atoms. The van der Waals surface area contributed by atoms with Gasteiger partial charge in [-0.1, -0.05) is 12.1 Å². The lowest BCUT2D eigenvalue weighted by atomic mass is 10.0. The minimum absolute atomic E-state index is 0.134. The zero-order valence-electron chi connectivity index (χ0n) is 25.3. The van der Waals surface area contributed by atoms with Crippen LogP contribution in [0.4, 0.5) is 10.1 Å². The average molecular weight is 633 g/mol. The van der Waals surface area contributed by atoms with Crippen molar-refractivity contribution in [2.24, 2.45) is 0 Å². The molecule has 46 heavy (non-hydrogen) atoms.